The number of benzene rings is 1. The molecule has 32 heavy (non-hydrogen) atoms. The van der Waals surface area contributed by atoms with Gasteiger partial charge in [0.05, 0.1) is 5.69 Å². The molecule has 1 fully saturated rings. The minimum absolute atomic E-state index is 0.521. The molecular weight excluding hydrogens is 488 g/mol. The topological polar surface area (TPSA) is 73.2 Å². The number of anilines is 1. The van der Waals surface area contributed by atoms with Crippen molar-refractivity contribution in [2.45, 2.75) is 47.0 Å². The number of fused-ring (bicyclic) bond motifs is 1. The monoisotopic (exact) mass is 517 g/mol. The molecule has 1 aliphatic heterocycles. The molecule has 0 radical (unpaired) electrons. The molecule has 1 unspecified atom stereocenters. The third kappa shape index (κ3) is 4.78. The van der Waals surface area contributed by atoms with Gasteiger partial charge in [-0.3, -0.25) is 4.21 Å². The molecule has 1 atom stereocenters. The molecule has 0 aliphatic carbocycles. The van der Waals surface area contributed by atoms with Crippen molar-refractivity contribution in [2.24, 2.45) is 5.92 Å². The number of halogens is 1. The van der Waals surface area contributed by atoms with E-state index in [-0.39, 0.29) is 0 Å². The zero-order valence-electron chi connectivity index (χ0n) is 19.1. The van der Waals surface area contributed by atoms with E-state index in [0.717, 1.165) is 48.2 Å². The zero-order chi connectivity index (χ0) is 23.0. The summed E-state index contributed by atoms with van der Waals surface area (Å²) in [6.07, 6.45) is 5.25. The first-order valence-corrected chi connectivity index (χ1v) is 13.0. The smallest absolute Gasteiger partial charge is 0.147 e. The third-order valence-corrected chi connectivity index (χ3v) is 7.37. The first-order valence-electron chi connectivity index (χ1n) is 11.1. The number of aryl methyl sites for hydroxylation is 4. The van der Waals surface area contributed by atoms with E-state index in [1.165, 1.54) is 33.5 Å². The molecule has 0 bridgehead atoms. The summed E-state index contributed by atoms with van der Waals surface area (Å²) in [6.45, 7) is 11.0. The van der Waals surface area contributed by atoms with E-state index in [0.29, 0.717) is 12.5 Å². The summed E-state index contributed by atoms with van der Waals surface area (Å²) in [5, 5.41) is 1.22. The maximum atomic E-state index is 10.7. The Morgan fingerprint density at radius 2 is 1.78 bits per heavy atom. The Hall–Kier alpha value is -1.74. The zero-order valence-corrected chi connectivity index (χ0v) is 21.5. The van der Waals surface area contributed by atoms with Crippen molar-refractivity contribution in [1.82, 2.24) is 14.3 Å². The molecule has 0 amide bonds. The van der Waals surface area contributed by atoms with E-state index in [2.05, 4.69) is 82.2 Å². The lowest BCUT2D eigenvalue weighted by atomic mass is 9.93. The SMILES string of the molecule is Cc1cc(N2CCC(CCNS(=O)[O-])CC2)c2c(C)cn(-c3c(C)cc(Br)cc3C)c2n1. The molecule has 1 N–H and O–H groups in total. The predicted molar refractivity (Wildman–Crippen MR) is 134 cm³/mol. The van der Waals surface area contributed by atoms with E-state index in [1.807, 2.05) is 0 Å². The number of aromatic nitrogens is 2. The van der Waals surface area contributed by atoms with Crippen LogP contribution < -0.4 is 9.62 Å². The lowest BCUT2D eigenvalue weighted by molar-refractivity contribution is 0.381. The van der Waals surface area contributed by atoms with Crippen molar-refractivity contribution in [3.05, 3.63) is 51.3 Å². The summed E-state index contributed by atoms with van der Waals surface area (Å²) in [4.78, 5) is 7.44. The maximum Gasteiger partial charge on any atom is 0.147 e. The average Bonchev–Trinajstić information content (AvgIpc) is 3.03. The Kier molecular flexibility index (Phi) is 7.05. The van der Waals surface area contributed by atoms with Crippen LogP contribution in [0, 0.1) is 33.6 Å². The van der Waals surface area contributed by atoms with Crippen LogP contribution in [-0.2, 0) is 11.3 Å². The number of nitrogens with one attached hydrogen (secondary N) is 1. The number of piperidine rings is 1. The lowest BCUT2D eigenvalue weighted by Gasteiger charge is -2.34. The van der Waals surface area contributed by atoms with Crippen LogP contribution in [0.2, 0.25) is 0 Å². The van der Waals surface area contributed by atoms with Gasteiger partial charge in [-0.1, -0.05) is 15.9 Å². The molecule has 4 rings (SSSR count). The van der Waals surface area contributed by atoms with Crippen LogP contribution in [0.3, 0.4) is 0 Å². The fraction of sp³-hybridized carbons (Fsp3) is 0.458. The molecule has 0 spiro atoms. The molecule has 3 aromatic rings. The van der Waals surface area contributed by atoms with E-state index in [4.69, 9.17) is 4.98 Å². The van der Waals surface area contributed by atoms with Crippen molar-refractivity contribution >= 4 is 43.9 Å². The van der Waals surface area contributed by atoms with E-state index >= 15 is 0 Å². The van der Waals surface area contributed by atoms with Gasteiger partial charge >= 0.3 is 0 Å². The van der Waals surface area contributed by atoms with E-state index < -0.39 is 11.3 Å². The summed E-state index contributed by atoms with van der Waals surface area (Å²) >= 11 is 1.44. The Bertz CT molecular complexity index is 1150. The number of rotatable bonds is 6. The second-order valence-electron chi connectivity index (χ2n) is 8.90. The van der Waals surface area contributed by atoms with Gasteiger partial charge in [-0.05, 0) is 87.8 Å². The highest BCUT2D eigenvalue weighted by Crippen LogP contribution is 2.36. The molecule has 2 aromatic heterocycles. The Morgan fingerprint density at radius 3 is 2.41 bits per heavy atom. The van der Waals surface area contributed by atoms with Crippen molar-refractivity contribution in [3.63, 3.8) is 0 Å². The number of pyridine rings is 1. The van der Waals surface area contributed by atoms with Gasteiger partial charge in [0.1, 0.15) is 5.65 Å². The maximum absolute atomic E-state index is 10.7. The van der Waals surface area contributed by atoms with Crippen molar-refractivity contribution < 1.29 is 8.76 Å². The fourth-order valence-electron chi connectivity index (χ4n) is 5.02. The largest absolute Gasteiger partial charge is 0.760 e. The van der Waals surface area contributed by atoms with Crippen LogP contribution >= 0.6 is 15.9 Å². The highest BCUT2D eigenvalue weighted by Gasteiger charge is 2.23. The summed E-state index contributed by atoms with van der Waals surface area (Å²) in [5.41, 5.74) is 8.14. The van der Waals surface area contributed by atoms with Gasteiger partial charge in [-0.25, -0.2) is 9.71 Å². The second-order valence-corrected chi connectivity index (χ2v) is 10.6. The van der Waals surface area contributed by atoms with Gasteiger partial charge in [0.2, 0.25) is 0 Å². The van der Waals surface area contributed by atoms with Crippen LogP contribution in [0.4, 0.5) is 5.69 Å². The Morgan fingerprint density at radius 1 is 1.12 bits per heavy atom. The Labute approximate surface area is 201 Å². The van der Waals surface area contributed by atoms with E-state index in [9.17, 15) is 8.76 Å². The molecule has 172 valence electrons. The van der Waals surface area contributed by atoms with E-state index in [1.54, 1.807) is 0 Å². The van der Waals surface area contributed by atoms with Crippen LogP contribution in [0.15, 0.2) is 28.9 Å². The average molecular weight is 519 g/mol. The minimum Gasteiger partial charge on any atom is -0.760 e. The first-order chi connectivity index (χ1) is 15.2. The quantitative estimate of drug-likeness (QED) is 0.466. The van der Waals surface area contributed by atoms with Gasteiger partial charge in [0, 0.05) is 58.3 Å². The molecule has 1 saturated heterocycles. The van der Waals surface area contributed by atoms with Crippen LogP contribution in [0.5, 0.6) is 0 Å². The first kappa shape index (κ1) is 23.4. The highest BCUT2D eigenvalue weighted by molar-refractivity contribution is 9.10. The van der Waals surface area contributed by atoms with Crippen molar-refractivity contribution in [3.8, 4) is 5.69 Å². The minimum atomic E-state index is -2.17. The van der Waals surface area contributed by atoms with Gasteiger partial charge in [-0.2, -0.15) is 0 Å². The molecule has 8 heteroatoms. The molecular formula is C24H30BrN4O2S-. The lowest BCUT2D eigenvalue weighted by Crippen LogP contribution is -2.35. The summed E-state index contributed by atoms with van der Waals surface area (Å²) in [6, 6.07) is 6.52. The van der Waals surface area contributed by atoms with Crippen LogP contribution in [0.25, 0.3) is 16.7 Å². The van der Waals surface area contributed by atoms with Crippen LogP contribution in [-0.4, -0.2) is 37.9 Å². The molecule has 1 aliphatic rings. The van der Waals surface area contributed by atoms with Crippen molar-refractivity contribution in [2.75, 3.05) is 24.5 Å². The summed E-state index contributed by atoms with van der Waals surface area (Å²) < 4.78 is 27.2. The van der Waals surface area contributed by atoms with Gasteiger partial charge < -0.3 is 14.0 Å². The summed E-state index contributed by atoms with van der Waals surface area (Å²) in [5.74, 6) is 0.555. The van der Waals surface area contributed by atoms with Gasteiger partial charge in [0.15, 0.2) is 0 Å². The normalized spacial score (nSPS) is 16.1. The molecule has 3 heterocycles. The highest BCUT2D eigenvalue weighted by atomic mass is 79.9. The standard InChI is InChI=1S/C24H31BrN4O2S/c1-15-11-20(25)12-16(2)23(15)29-14-17(3)22-21(13-18(4)27-24(22)29)28-9-6-19(7-10-28)5-8-26-32(30)31/h11-14,19,26H,5-10H2,1-4H3,(H,30,31)/p-1. The fourth-order valence-corrected chi connectivity index (χ4v) is 5.99. The third-order valence-electron chi connectivity index (χ3n) is 6.48. The molecule has 0 saturated carbocycles. The second kappa shape index (κ2) is 9.63. The summed E-state index contributed by atoms with van der Waals surface area (Å²) in [7, 11) is 0. The van der Waals surface area contributed by atoms with Crippen LogP contribution in [0.1, 0.15) is 41.6 Å². The molecule has 1 aromatic carbocycles. The van der Waals surface area contributed by atoms with Gasteiger partial charge in [0.25, 0.3) is 0 Å². The van der Waals surface area contributed by atoms with Crippen molar-refractivity contribution in [1.29, 1.82) is 0 Å². The predicted octanol–water partition coefficient (Wildman–Crippen LogP) is 5.01. The molecule has 6 nitrogen and oxygen atoms in total. The number of hydrogen-bond acceptors (Lipinski definition) is 4. The Balaban J connectivity index is 1.66. The number of nitrogens with zero attached hydrogens (tertiary/aromatic N) is 3. The number of hydrogen-bond donors (Lipinski definition) is 1. The van der Waals surface area contributed by atoms with Gasteiger partial charge in [-0.15, -0.1) is 0 Å².